The Kier molecular flexibility index (Phi) is 5.01. The van der Waals surface area contributed by atoms with Crippen molar-refractivity contribution in [1.82, 2.24) is 9.97 Å². The van der Waals surface area contributed by atoms with Gasteiger partial charge in [-0.25, -0.2) is 14.4 Å². The fourth-order valence-corrected chi connectivity index (χ4v) is 4.17. The van der Waals surface area contributed by atoms with Crippen molar-refractivity contribution >= 4 is 16.7 Å². The molecule has 0 radical (unpaired) electrons. The highest BCUT2D eigenvalue weighted by Crippen LogP contribution is 2.37. The van der Waals surface area contributed by atoms with Crippen LogP contribution in [0.1, 0.15) is 11.1 Å². The molecule has 1 aromatic heterocycles. The smallest absolute Gasteiger partial charge is 0.165 e. The summed E-state index contributed by atoms with van der Waals surface area (Å²) in [5.74, 6) is 2.16. The number of rotatable bonds is 4. The van der Waals surface area contributed by atoms with Gasteiger partial charge in [0, 0.05) is 18.5 Å². The van der Waals surface area contributed by atoms with Crippen LogP contribution in [0.15, 0.2) is 54.6 Å². The summed E-state index contributed by atoms with van der Waals surface area (Å²) in [6.07, 6.45) is 0.780. The normalized spacial score (nSPS) is 13.2. The number of fused-ring (bicyclic) bond motifs is 2. The summed E-state index contributed by atoms with van der Waals surface area (Å²) < 4.78 is 25.1. The van der Waals surface area contributed by atoms with Crippen molar-refractivity contribution in [3.8, 4) is 28.6 Å². The minimum Gasteiger partial charge on any atom is -0.507 e. The minimum atomic E-state index is -0.346. The molecular weight excluding hydrogens is 409 g/mol. The quantitative estimate of drug-likeness (QED) is 0.504. The van der Waals surface area contributed by atoms with Crippen LogP contribution in [0.25, 0.3) is 22.3 Å². The predicted molar refractivity (Wildman–Crippen MR) is 121 cm³/mol. The molecule has 32 heavy (non-hydrogen) atoms. The molecule has 6 nitrogen and oxygen atoms in total. The van der Waals surface area contributed by atoms with Crippen LogP contribution in [0.2, 0.25) is 0 Å². The van der Waals surface area contributed by atoms with E-state index in [-0.39, 0.29) is 11.6 Å². The molecule has 0 fully saturated rings. The van der Waals surface area contributed by atoms with Crippen molar-refractivity contribution in [3.05, 3.63) is 71.5 Å². The van der Waals surface area contributed by atoms with Gasteiger partial charge in [-0.1, -0.05) is 12.1 Å². The molecule has 7 heteroatoms. The number of aromatic nitrogens is 2. The van der Waals surface area contributed by atoms with Crippen LogP contribution >= 0.6 is 0 Å². The van der Waals surface area contributed by atoms with Gasteiger partial charge in [0.2, 0.25) is 0 Å². The Morgan fingerprint density at radius 1 is 0.938 bits per heavy atom. The molecule has 2 heterocycles. The average Bonchev–Trinajstić information content (AvgIpc) is 2.82. The van der Waals surface area contributed by atoms with Gasteiger partial charge in [0.25, 0.3) is 0 Å². The van der Waals surface area contributed by atoms with Crippen LogP contribution in [0, 0.1) is 5.82 Å². The van der Waals surface area contributed by atoms with Crippen molar-refractivity contribution in [2.45, 2.75) is 13.0 Å². The Hall–Kier alpha value is -3.87. The molecule has 0 spiro atoms. The first-order valence-electron chi connectivity index (χ1n) is 10.3. The Morgan fingerprint density at radius 2 is 1.69 bits per heavy atom. The third-order valence-electron chi connectivity index (χ3n) is 5.80. The van der Waals surface area contributed by atoms with Crippen molar-refractivity contribution in [2.24, 2.45) is 0 Å². The molecule has 1 aliphatic rings. The summed E-state index contributed by atoms with van der Waals surface area (Å²) in [6, 6.07) is 15.4. The SMILES string of the molecule is COc1cc2c(cc1OC)CN(c1nc(-c3ccccc3O)nc3ccc(F)cc13)CC2. The van der Waals surface area contributed by atoms with Crippen LogP contribution in [-0.4, -0.2) is 35.8 Å². The number of ether oxygens (including phenoxy) is 2. The third kappa shape index (κ3) is 3.45. The third-order valence-corrected chi connectivity index (χ3v) is 5.80. The van der Waals surface area contributed by atoms with Crippen molar-refractivity contribution in [1.29, 1.82) is 0 Å². The van der Waals surface area contributed by atoms with Crippen molar-refractivity contribution in [2.75, 3.05) is 25.7 Å². The van der Waals surface area contributed by atoms with Gasteiger partial charge >= 0.3 is 0 Å². The number of anilines is 1. The molecule has 0 amide bonds. The zero-order valence-electron chi connectivity index (χ0n) is 17.8. The van der Waals surface area contributed by atoms with E-state index in [1.54, 1.807) is 38.5 Å². The second-order valence-corrected chi connectivity index (χ2v) is 7.70. The summed E-state index contributed by atoms with van der Waals surface area (Å²) in [6.45, 7) is 1.28. The van der Waals surface area contributed by atoms with Gasteiger partial charge in [0.15, 0.2) is 17.3 Å². The number of nitrogens with zero attached hydrogens (tertiary/aromatic N) is 3. The van der Waals surface area contributed by atoms with E-state index in [0.717, 1.165) is 12.0 Å². The predicted octanol–water partition coefficient (Wildman–Crippen LogP) is 4.72. The molecule has 3 aromatic carbocycles. The minimum absolute atomic E-state index is 0.0979. The number of phenols is 1. The van der Waals surface area contributed by atoms with Gasteiger partial charge in [-0.2, -0.15) is 0 Å². The Balaban J connectivity index is 1.64. The van der Waals surface area contributed by atoms with Crippen LogP contribution in [0.4, 0.5) is 10.2 Å². The lowest BCUT2D eigenvalue weighted by atomic mass is 9.98. The monoisotopic (exact) mass is 431 g/mol. The van der Waals surface area contributed by atoms with Crippen LogP contribution < -0.4 is 14.4 Å². The highest BCUT2D eigenvalue weighted by molar-refractivity contribution is 5.91. The van der Waals surface area contributed by atoms with Gasteiger partial charge < -0.3 is 19.5 Å². The first kappa shape index (κ1) is 20.1. The second-order valence-electron chi connectivity index (χ2n) is 7.70. The average molecular weight is 431 g/mol. The molecule has 0 atom stereocenters. The molecule has 0 unspecified atom stereocenters. The van der Waals surface area contributed by atoms with Gasteiger partial charge in [0.1, 0.15) is 17.4 Å². The van der Waals surface area contributed by atoms with Gasteiger partial charge in [-0.3, -0.25) is 0 Å². The van der Waals surface area contributed by atoms with Gasteiger partial charge in [-0.15, -0.1) is 0 Å². The molecule has 0 bridgehead atoms. The number of aromatic hydroxyl groups is 1. The number of hydrogen-bond donors (Lipinski definition) is 1. The fraction of sp³-hybridized carbons (Fsp3) is 0.200. The number of methoxy groups -OCH3 is 2. The number of halogens is 1. The number of phenolic OH excluding ortho intramolecular Hbond substituents is 1. The van der Waals surface area contributed by atoms with Gasteiger partial charge in [-0.05, 0) is 60.0 Å². The maximum Gasteiger partial charge on any atom is 0.165 e. The Bertz CT molecular complexity index is 1330. The zero-order valence-corrected chi connectivity index (χ0v) is 17.8. The zero-order chi connectivity index (χ0) is 22.2. The second kappa shape index (κ2) is 8.00. The highest BCUT2D eigenvalue weighted by atomic mass is 19.1. The molecule has 0 aliphatic carbocycles. The van der Waals surface area contributed by atoms with E-state index in [0.29, 0.717) is 52.7 Å². The maximum absolute atomic E-state index is 14.1. The lowest BCUT2D eigenvalue weighted by Crippen LogP contribution is -2.31. The van der Waals surface area contributed by atoms with Crippen molar-refractivity contribution in [3.63, 3.8) is 0 Å². The maximum atomic E-state index is 14.1. The number of hydrogen-bond acceptors (Lipinski definition) is 6. The molecule has 4 aromatic rings. The highest BCUT2D eigenvalue weighted by Gasteiger charge is 2.23. The van der Waals surface area contributed by atoms with Crippen LogP contribution in [0.3, 0.4) is 0 Å². The largest absolute Gasteiger partial charge is 0.507 e. The molecular formula is C25H22FN3O3. The summed E-state index contributed by atoms with van der Waals surface area (Å²) in [5.41, 5.74) is 3.43. The van der Waals surface area contributed by atoms with E-state index < -0.39 is 0 Å². The molecule has 0 saturated carbocycles. The van der Waals surface area contributed by atoms with E-state index in [1.165, 1.54) is 17.7 Å². The molecule has 0 saturated heterocycles. The van der Waals surface area contributed by atoms with E-state index in [1.807, 2.05) is 18.2 Å². The molecule has 5 rings (SSSR count). The number of para-hydroxylation sites is 1. The Morgan fingerprint density at radius 3 is 2.44 bits per heavy atom. The van der Waals surface area contributed by atoms with E-state index in [2.05, 4.69) is 9.88 Å². The van der Waals surface area contributed by atoms with Gasteiger partial charge in [0.05, 0.1) is 25.3 Å². The van der Waals surface area contributed by atoms with E-state index in [4.69, 9.17) is 14.5 Å². The lowest BCUT2D eigenvalue weighted by molar-refractivity contribution is 0.353. The lowest BCUT2D eigenvalue weighted by Gasteiger charge is -2.31. The van der Waals surface area contributed by atoms with E-state index in [9.17, 15) is 9.50 Å². The van der Waals surface area contributed by atoms with Crippen LogP contribution in [0.5, 0.6) is 17.2 Å². The van der Waals surface area contributed by atoms with E-state index >= 15 is 0 Å². The first-order valence-corrected chi connectivity index (χ1v) is 10.3. The topological polar surface area (TPSA) is 67.7 Å². The Labute approximate surface area is 184 Å². The number of benzene rings is 3. The summed E-state index contributed by atoms with van der Waals surface area (Å²) >= 11 is 0. The first-order chi connectivity index (χ1) is 15.6. The molecule has 1 N–H and O–H groups in total. The summed E-state index contributed by atoms with van der Waals surface area (Å²) in [4.78, 5) is 11.5. The molecule has 1 aliphatic heterocycles. The molecule has 162 valence electrons. The summed E-state index contributed by atoms with van der Waals surface area (Å²) in [5, 5.41) is 11.0. The fourth-order valence-electron chi connectivity index (χ4n) is 4.17. The summed E-state index contributed by atoms with van der Waals surface area (Å²) in [7, 11) is 3.24. The van der Waals surface area contributed by atoms with Crippen molar-refractivity contribution < 1.29 is 19.0 Å². The standard InChI is InChI=1S/C25H22FN3O3/c1-31-22-11-15-9-10-29(14-16(15)12-23(22)32-2)25-19-13-17(26)7-8-20(19)27-24(28-25)18-5-3-4-6-21(18)30/h3-8,11-13,30H,9-10,14H2,1-2H3. The van der Waals surface area contributed by atoms with Crippen LogP contribution in [-0.2, 0) is 13.0 Å².